The van der Waals surface area contributed by atoms with E-state index in [4.69, 9.17) is 9.47 Å². The summed E-state index contributed by atoms with van der Waals surface area (Å²) < 4.78 is 11.3. The van der Waals surface area contributed by atoms with E-state index in [2.05, 4.69) is 0 Å². The van der Waals surface area contributed by atoms with Gasteiger partial charge in [0.15, 0.2) is 5.78 Å². The number of hydrogen-bond acceptors (Lipinski definition) is 8. The minimum atomic E-state index is -1.78. The molecule has 0 amide bonds. The van der Waals surface area contributed by atoms with E-state index in [0.29, 0.717) is 18.4 Å². The molecule has 1 heterocycles. The maximum atomic E-state index is 13.2. The van der Waals surface area contributed by atoms with E-state index in [9.17, 15) is 30.0 Å². The molecule has 0 spiro atoms. The van der Waals surface area contributed by atoms with E-state index in [1.54, 1.807) is 33.8 Å². The van der Waals surface area contributed by atoms with Gasteiger partial charge < -0.3 is 29.9 Å². The van der Waals surface area contributed by atoms with Gasteiger partial charge in [-0.15, -0.1) is 0 Å². The van der Waals surface area contributed by atoms with Crippen molar-refractivity contribution in [2.75, 3.05) is 6.61 Å². The van der Waals surface area contributed by atoms with Gasteiger partial charge in [-0.05, 0) is 32.3 Å². The third-order valence-electron chi connectivity index (χ3n) is 7.97. The number of aliphatic hydroxyl groups is 4. The quantitative estimate of drug-likeness (QED) is 0.366. The van der Waals surface area contributed by atoms with Crippen LogP contribution in [0.2, 0.25) is 0 Å². The van der Waals surface area contributed by atoms with E-state index in [-0.39, 0.29) is 13.0 Å². The Morgan fingerprint density at radius 2 is 1.87 bits per heavy atom. The first-order valence-corrected chi connectivity index (χ1v) is 10.9. The number of Topliss-reactive ketones (excluding diaryl/α,β-unsaturated/α-hetero) is 1. The number of rotatable bonds is 5. The summed E-state index contributed by atoms with van der Waals surface area (Å²) in [7, 11) is 0. The van der Waals surface area contributed by atoms with Crippen molar-refractivity contribution in [3.63, 3.8) is 0 Å². The Morgan fingerprint density at radius 1 is 1.26 bits per heavy atom. The molecule has 0 unspecified atom stereocenters. The van der Waals surface area contributed by atoms with Crippen LogP contribution in [0.15, 0.2) is 11.6 Å². The fourth-order valence-electron chi connectivity index (χ4n) is 6.10. The van der Waals surface area contributed by atoms with Gasteiger partial charge in [0.25, 0.3) is 0 Å². The second-order valence-corrected chi connectivity index (χ2v) is 10.5. The van der Waals surface area contributed by atoms with Crippen LogP contribution in [0.4, 0.5) is 0 Å². The molecule has 8 nitrogen and oxygen atoms in total. The van der Waals surface area contributed by atoms with Crippen LogP contribution in [-0.2, 0) is 19.1 Å². The van der Waals surface area contributed by atoms with Gasteiger partial charge in [-0.1, -0.05) is 26.8 Å². The van der Waals surface area contributed by atoms with Gasteiger partial charge in [-0.3, -0.25) is 9.59 Å². The minimum Gasteiger partial charge on any atom is -0.459 e. The van der Waals surface area contributed by atoms with Crippen LogP contribution in [0.5, 0.6) is 0 Å². The zero-order valence-electron chi connectivity index (χ0n) is 19.2. The zero-order valence-corrected chi connectivity index (χ0v) is 19.2. The fraction of sp³-hybridized carbons (Fsp3) is 0.826. The molecule has 31 heavy (non-hydrogen) atoms. The molecule has 176 valence electrons. The maximum absolute atomic E-state index is 13.2. The molecule has 2 aliphatic carbocycles. The smallest absolute Gasteiger partial charge is 0.303 e. The lowest BCUT2D eigenvalue weighted by Gasteiger charge is -2.63. The normalized spacial score (nSPS) is 43.7. The van der Waals surface area contributed by atoms with Crippen molar-refractivity contribution >= 4 is 11.8 Å². The first-order chi connectivity index (χ1) is 14.1. The second-order valence-electron chi connectivity index (χ2n) is 10.5. The molecule has 8 atom stereocenters. The van der Waals surface area contributed by atoms with E-state index in [1.165, 1.54) is 13.8 Å². The zero-order chi connectivity index (χ0) is 23.6. The fourth-order valence-corrected chi connectivity index (χ4v) is 6.10. The number of hydrogen-bond donors (Lipinski definition) is 4. The lowest BCUT2D eigenvalue weighted by atomic mass is 9.49. The molecule has 8 heteroatoms. The Labute approximate surface area is 183 Å². The van der Waals surface area contributed by atoms with Crippen molar-refractivity contribution in [1.82, 2.24) is 0 Å². The van der Waals surface area contributed by atoms with Crippen molar-refractivity contribution in [1.29, 1.82) is 0 Å². The first-order valence-electron chi connectivity index (χ1n) is 10.9. The lowest BCUT2D eigenvalue weighted by molar-refractivity contribution is -0.328. The van der Waals surface area contributed by atoms with Gasteiger partial charge in [0.05, 0.1) is 18.8 Å². The molecule has 1 aliphatic heterocycles. The van der Waals surface area contributed by atoms with E-state index >= 15 is 0 Å². The van der Waals surface area contributed by atoms with Crippen LogP contribution < -0.4 is 0 Å². The predicted octanol–water partition coefficient (Wildman–Crippen LogP) is 0.882. The van der Waals surface area contributed by atoms with Gasteiger partial charge >= 0.3 is 5.97 Å². The van der Waals surface area contributed by atoms with Gasteiger partial charge in [0.2, 0.25) is 0 Å². The number of carbonyl (C=O) groups excluding carboxylic acids is 2. The summed E-state index contributed by atoms with van der Waals surface area (Å²) in [6.45, 7) is 9.46. The maximum Gasteiger partial charge on any atom is 0.303 e. The molecule has 0 bridgehead atoms. The first kappa shape index (κ1) is 24.3. The van der Waals surface area contributed by atoms with Crippen LogP contribution in [-0.4, -0.2) is 74.4 Å². The second kappa shape index (κ2) is 7.63. The summed E-state index contributed by atoms with van der Waals surface area (Å²) in [6, 6.07) is 0. The summed E-state index contributed by atoms with van der Waals surface area (Å²) in [5, 5.41) is 44.4. The average Bonchev–Trinajstić information content (AvgIpc) is 2.62. The number of ether oxygens (including phenoxy) is 2. The Kier molecular flexibility index (Phi) is 5.98. The molecule has 4 N–H and O–H groups in total. The molecule has 0 aromatic rings. The highest BCUT2D eigenvalue weighted by molar-refractivity contribution is 5.89. The third-order valence-corrected chi connectivity index (χ3v) is 7.97. The SMILES string of the molecule is CC(=O)O[C@@H]([C@@H]1[C@]2(O)CO[C@@H]2CC[C@@]1(C)C(=O)[C@@H](C)O)[C@]1(O)C[C@H](O)C(C)=CC1(C)C. The highest BCUT2D eigenvalue weighted by atomic mass is 16.6. The average molecular weight is 441 g/mol. The highest BCUT2D eigenvalue weighted by Gasteiger charge is 2.71. The summed E-state index contributed by atoms with van der Waals surface area (Å²) >= 11 is 0. The molecule has 0 aromatic heterocycles. The molecule has 1 saturated carbocycles. The predicted molar refractivity (Wildman–Crippen MR) is 111 cm³/mol. The number of fused-ring (bicyclic) bond motifs is 1. The molecule has 0 aromatic carbocycles. The Balaban J connectivity index is 2.21. The molecule has 3 aliphatic rings. The summed E-state index contributed by atoms with van der Waals surface area (Å²) in [4.78, 5) is 25.4. The van der Waals surface area contributed by atoms with E-state index in [1.807, 2.05) is 0 Å². The summed E-state index contributed by atoms with van der Waals surface area (Å²) in [5.41, 5.74) is -4.85. The van der Waals surface area contributed by atoms with Gasteiger partial charge in [0, 0.05) is 30.1 Å². The van der Waals surface area contributed by atoms with Crippen molar-refractivity contribution in [3.05, 3.63) is 11.6 Å². The summed E-state index contributed by atoms with van der Waals surface area (Å²) in [5.74, 6) is -2.20. The number of carbonyl (C=O) groups is 2. The van der Waals surface area contributed by atoms with Gasteiger partial charge in [-0.25, -0.2) is 0 Å². The van der Waals surface area contributed by atoms with Crippen LogP contribution in [0, 0.1) is 16.7 Å². The van der Waals surface area contributed by atoms with Crippen LogP contribution in [0.3, 0.4) is 0 Å². The van der Waals surface area contributed by atoms with Crippen molar-refractivity contribution in [3.8, 4) is 0 Å². The molecular formula is C23H36O8. The standard InChI is InChI=1S/C23H36O8/c1-12-9-20(4,5)23(29,10-15(12)26)19(31-14(3)25)17-21(6,18(27)13(2)24)8-7-16-22(17,28)11-30-16/h9,13,15-17,19,24,26,28-29H,7-8,10-11H2,1-6H3/t13-,15+,16-,17+,19+,21-,22+,23-/m1/s1. The number of ketones is 1. The van der Waals surface area contributed by atoms with Gasteiger partial charge in [0.1, 0.15) is 23.4 Å². The summed E-state index contributed by atoms with van der Waals surface area (Å²) in [6.07, 6.45) is -1.84. The van der Waals surface area contributed by atoms with Crippen LogP contribution >= 0.6 is 0 Å². The van der Waals surface area contributed by atoms with E-state index in [0.717, 1.165) is 0 Å². The van der Waals surface area contributed by atoms with E-state index < -0.39 is 64.1 Å². The Morgan fingerprint density at radius 3 is 2.35 bits per heavy atom. The molecule has 2 fully saturated rings. The van der Waals surface area contributed by atoms with Crippen LogP contribution in [0.1, 0.15) is 60.8 Å². The lowest BCUT2D eigenvalue weighted by Crippen LogP contribution is -2.76. The Bertz CT molecular complexity index is 788. The molecule has 3 rings (SSSR count). The monoisotopic (exact) mass is 440 g/mol. The topological polar surface area (TPSA) is 134 Å². The minimum absolute atomic E-state index is 0.0727. The van der Waals surface area contributed by atoms with Crippen LogP contribution in [0.25, 0.3) is 0 Å². The molecular weight excluding hydrogens is 404 g/mol. The van der Waals surface area contributed by atoms with Gasteiger partial charge in [-0.2, -0.15) is 0 Å². The van der Waals surface area contributed by atoms with Crippen molar-refractivity contribution in [2.45, 2.75) is 96.4 Å². The number of esters is 1. The largest absolute Gasteiger partial charge is 0.459 e. The molecule has 0 radical (unpaired) electrons. The third kappa shape index (κ3) is 3.56. The highest BCUT2D eigenvalue weighted by Crippen LogP contribution is 2.59. The Hall–Kier alpha value is -1.32. The number of aliphatic hydroxyl groups excluding tert-OH is 2. The van der Waals surface area contributed by atoms with Crippen molar-refractivity contribution < 1.29 is 39.5 Å². The molecule has 1 saturated heterocycles. The van der Waals surface area contributed by atoms with Crippen molar-refractivity contribution in [2.24, 2.45) is 16.7 Å².